The van der Waals surface area contributed by atoms with Crippen LogP contribution in [0.3, 0.4) is 0 Å². The SMILES string of the molecule is CC1CCCN(C(=O)c2sc(NC3CCC3)nc2N)CC1. The molecule has 1 saturated carbocycles. The third-order valence-electron chi connectivity index (χ3n) is 4.58. The maximum absolute atomic E-state index is 12.7. The number of likely N-dealkylation sites (tertiary alicyclic amines) is 1. The molecule has 21 heavy (non-hydrogen) atoms. The third-order valence-corrected chi connectivity index (χ3v) is 5.57. The van der Waals surface area contributed by atoms with Crippen LogP contribution in [0.5, 0.6) is 0 Å². The standard InChI is InChI=1S/C15H24N4OS/c1-10-4-3-8-19(9-7-10)14(20)12-13(16)18-15(21-12)17-11-5-2-6-11/h10-11H,2-9,16H2,1H3,(H,17,18). The van der Waals surface area contributed by atoms with Crippen molar-refractivity contribution in [3.8, 4) is 0 Å². The van der Waals surface area contributed by atoms with Gasteiger partial charge in [-0.25, -0.2) is 4.98 Å². The monoisotopic (exact) mass is 308 g/mol. The first-order chi connectivity index (χ1) is 10.1. The van der Waals surface area contributed by atoms with Gasteiger partial charge in [0.2, 0.25) is 0 Å². The molecule has 5 nitrogen and oxygen atoms in total. The molecule has 1 aromatic heterocycles. The molecule has 116 valence electrons. The highest BCUT2D eigenvalue weighted by Gasteiger charge is 2.25. The van der Waals surface area contributed by atoms with E-state index in [4.69, 9.17) is 5.73 Å². The van der Waals surface area contributed by atoms with Crippen LogP contribution in [0.4, 0.5) is 10.9 Å². The highest BCUT2D eigenvalue weighted by molar-refractivity contribution is 7.18. The van der Waals surface area contributed by atoms with Crippen LogP contribution in [0.25, 0.3) is 0 Å². The number of carbonyl (C=O) groups is 1. The number of anilines is 2. The van der Waals surface area contributed by atoms with E-state index in [0.29, 0.717) is 22.7 Å². The highest BCUT2D eigenvalue weighted by Crippen LogP contribution is 2.31. The van der Waals surface area contributed by atoms with E-state index < -0.39 is 0 Å². The molecule has 1 unspecified atom stereocenters. The summed E-state index contributed by atoms with van der Waals surface area (Å²) in [5.74, 6) is 1.14. The Labute approximate surface area is 129 Å². The fourth-order valence-electron chi connectivity index (χ4n) is 2.88. The van der Waals surface area contributed by atoms with Crippen molar-refractivity contribution in [2.45, 2.75) is 51.5 Å². The van der Waals surface area contributed by atoms with Crippen molar-refractivity contribution in [3.05, 3.63) is 4.88 Å². The first kappa shape index (κ1) is 14.6. The summed E-state index contributed by atoms with van der Waals surface area (Å²) < 4.78 is 0. The van der Waals surface area contributed by atoms with Gasteiger partial charge in [0, 0.05) is 19.1 Å². The van der Waals surface area contributed by atoms with Gasteiger partial charge in [0.1, 0.15) is 10.7 Å². The van der Waals surface area contributed by atoms with Gasteiger partial charge in [0.05, 0.1) is 0 Å². The van der Waals surface area contributed by atoms with E-state index in [-0.39, 0.29) is 5.91 Å². The second-order valence-corrected chi connectivity index (χ2v) is 7.33. The van der Waals surface area contributed by atoms with E-state index in [2.05, 4.69) is 17.2 Å². The van der Waals surface area contributed by atoms with Gasteiger partial charge in [0.25, 0.3) is 5.91 Å². The molecule has 1 atom stereocenters. The van der Waals surface area contributed by atoms with E-state index in [9.17, 15) is 4.79 Å². The Balaban J connectivity index is 1.68. The van der Waals surface area contributed by atoms with Crippen molar-refractivity contribution in [1.82, 2.24) is 9.88 Å². The number of thiazole rings is 1. The van der Waals surface area contributed by atoms with Crippen LogP contribution in [0.2, 0.25) is 0 Å². The van der Waals surface area contributed by atoms with Crippen molar-refractivity contribution in [2.24, 2.45) is 5.92 Å². The molecular weight excluding hydrogens is 284 g/mol. The van der Waals surface area contributed by atoms with E-state index in [1.54, 1.807) is 0 Å². The van der Waals surface area contributed by atoms with Gasteiger partial charge >= 0.3 is 0 Å². The molecule has 0 bridgehead atoms. The van der Waals surface area contributed by atoms with Crippen LogP contribution < -0.4 is 11.1 Å². The largest absolute Gasteiger partial charge is 0.382 e. The zero-order valence-corrected chi connectivity index (χ0v) is 13.4. The van der Waals surface area contributed by atoms with Crippen LogP contribution in [0.1, 0.15) is 55.1 Å². The Kier molecular flexibility index (Phi) is 4.33. The number of aromatic nitrogens is 1. The van der Waals surface area contributed by atoms with Crippen LogP contribution in [-0.2, 0) is 0 Å². The van der Waals surface area contributed by atoms with Crippen molar-refractivity contribution in [1.29, 1.82) is 0 Å². The lowest BCUT2D eigenvalue weighted by Gasteiger charge is -2.25. The molecule has 6 heteroatoms. The van der Waals surface area contributed by atoms with E-state index >= 15 is 0 Å². The summed E-state index contributed by atoms with van der Waals surface area (Å²) in [7, 11) is 0. The molecule has 2 fully saturated rings. The maximum atomic E-state index is 12.7. The van der Waals surface area contributed by atoms with Crippen LogP contribution in [0, 0.1) is 5.92 Å². The maximum Gasteiger partial charge on any atom is 0.267 e. The summed E-state index contributed by atoms with van der Waals surface area (Å²) in [6.45, 7) is 3.93. The van der Waals surface area contributed by atoms with E-state index in [1.807, 2.05) is 4.90 Å². The number of rotatable bonds is 3. The topological polar surface area (TPSA) is 71.2 Å². The van der Waals surface area contributed by atoms with E-state index in [1.165, 1.54) is 37.0 Å². The molecule has 1 aliphatic heterocycles. The third kappa shape index (κ3) is 3.31. The average molecular weight is 308 g/mol. The molecule has 3 rings (SSSR count). The van der Waals surface area contributed by atoms with Gasteiger partial charge in [-0.15, -0.1) is 0 Å². The lowest BCUT2D eigenvalue weighted by Crippen LogP contribution is -2.31. The summed E-state index contributed by atoms with van der Waals surface area (Å²) in [4.78, 5) is 19.5. The van der Waals surface area contributed by atoms with Crippen molar-refractivity contribution in [2.75, 3.05) is 24.1 Å². The first-order valence-corrected chi connectivity index (χ1v) is 8.77. The number of nitrogens with two attached hydrogens (primary N) is 1. The number of nitrogens with one attached hydrogen (secondary N) is 1. The Morgan fingerprint density at radius 2 is 2.10 bits per heavy atom. The Bertz CT molecular complexity index is 512. The number of carbonyl (C=O) groups excluding carboxylic acids is 1. The number of hydrogen-bond acceptors (Lipinski definition) is 5. The molecule has 0 radical (unpaired) electrons. The number of amides is 1. The van der Waals surface area contributed by atoms with Crippen molar-refractivity contribution in [3.63, 3.8) is 0 Å². The number of nitrogen functional groups attached to an aromatic ring is 1. The summed E-state index contributed by atoms with van der Waals surface area (Å²) >= 11 is 1.41. The molecular formula is C15H24N4OS. The van der Waals surface area contributed by atoms with Gasteiger partial charge in [-0.1, -0.05) is 18.3 Å². The van der Waals surface area contributed by atoms with Gasteiger partial charge in [-0.3, -0.25) is 4.79 Å². The summed E-state index contributed by atoms with van der Waals surface area (Å²) in [5, 5.41) is 4.17. The molecule has 2 heterocycles. The molecule has 2 aliphatic rings. The Hall–Kier alpha value is -1.30. The normalized spacial score (nSPS) is 23.5. The zero-order chi connectivity index (χ0) is 14.8. The van der Waals surface area contributed by atoms with Gasteiger partial charge < -0.3 is 16.0 Å². The lowest BCUT2D eigenvalue weighted by atomic mass is 9.93. The number of hydrogen-bond donors (Lipinski definition) is 2. The summed E-state index contributed by atoms with van der Waals surface area (Å²) in [5.41, 5.74) is 5.96. The molecule has 3 N–H and O–H groups in total. The minimum Gasteiger partial charge on any atom is -0.382 e. The highest BCUT2D eigenvalue weighted by atomic mass is 32.1. The minimum absolute atomic E-state index is 0.0563. The molecule has 0 spiro atoms. The Morgan fingerprint density at radius 3 is 2.81 bits per heavy atom. The second kappa shape index (κ2) is 6.22. The predicted octanol–water partition coefficient (Wildman–Crippen LogP) is 2.95. The smallest absolute Gasteiger partial charge is 0.267 e. The molecule has 1 saturated heterocycles. The molecule has 0 aromatic carbocycles. The number of nitrogens with zero attached hydrogens (tertiary/aromatic N) is 2. The van der Waals surface area contributed by atoms with Crippen LogP contribution in [0.15, 0.2) is 0 Å². The van der Waals surface area contributed by atoms with Crippen molar-refractivity contribution >= 4 is 28.2 Å². The Morgan fingerprint density at radius 1 is 1.29 bits per heavy atom. The van der Waals surface area contributed by atoms with Crippen molar-refractivity contribution < 1.29 is 4.79 Å². The minimum atomic E-state index is 0.0563. The summed E-state index contributed by atoms with van der Waals surface area (Å²) in [6.07, 6.45) is 7.02. The van der Waals surface area contributed by atoms with Gasteiger partial charge in [-0.2, -0.15) is 0 Å². The summed E-state index contributed by atoms with van der Waals surface area (Å²) in [6, 6.07) is 0.512. The molecule has 1 amide bonds. The first-order valence-electron chi connectivity index (χ1n) is 7.95. The predicted molar refractivity (Wildman–Crippen MR) is 86.7 cm³/mol. The average Bonchev–Trinajstić information content (AvgIpc) is 2.63. The fourth-order valence-corrected chi connectivity index (χ4v) is 3.81. The fraction of sp³-hybridized carbons (Fsp3) is 0.733. The lowest BCUT2D eigenvalue weighted by molar-refractivity contribution is 0.0766. The molecule has 1 aromatic rings. The molecule has 1 aliphatic carbocycles. The van der Waals surface area contributed by atoms with Crippen LogP contribution in [-0.4, -0.2) is 34.9 Å². The quantitative estimate of drug-likeness (QED) is 0.900. The van der Waals surface area contributed by atoms with Crippen LogP contribution >= 0.6 is 11.3 Å². The van der Waals surface area contributed by atoms with Gasteiger partial charge in [0.15, 0.2) is 5.13 Å². The van der Waals surface area contributed by atoms with Gasteiger partial charge in [-0.05, 0) is 44.4 Å². The zero-order valence-electron chi connectivity index (χ0n) is 12.6. The van der Waals surface area contributed by atoms with E-state index in [0.717, 1.165) is 31.1 Å². The second-order valence-electron chi connectivity index (χ2n) is 6.33.